The van der Waals surface area contributed by atoms with Gasteiger partial charge in [0.1, 0.15) is 17.8 Å². The lowest BCUT2D eigenvalue weighted by Gasteiger charge is -2.45. The maximum atomic E-state index is 13.0. The lowest BCUT2D eigenvalue weighted by atomic mass is 9.60. The van der Waals surface area contributed by atoms with Crippen LogP contribution in [0.2, 0.25) is 0 Å². The minimum absolute atomic E-state index is 0.129. The van der Waals surface area contributed by atoms with Gasteiger partial charge in [0, 0.05) is 24.8 Å². The molecule has 0 radical (unpaired) electrons. The van der Waals surface area contributed by atoms with Gasteiger partial charge < -0.3 is 24.9 Å². The van der Waals surface area contributed by atoms with Crippen molar-refractivity contribution in [2.24, 2.45) is 28.8 Å². The van der Waals surface area contributed by atoms with Crippen LogP contribution in [0.1, 0.15) is 50.9 Å². The van der Waals surface area contributed by atoms with Crippen LogP contribution in [-0.2, 0) is 19.2 Å². The van der Waals surface area contributed by atoms with Crippen molar-refractivity contribution in [3.8, 4) is 0 Å². The summed E-state index contributed by atoms with van der Waals surface area (Å²) >= 11 is 0. The van der Waals surface area contributed by atoms with Crippen molar-refractivity contribution >= 4 is 17.5 Å². The number of likely N-dealkylation sites (tertiary alicyclic amines) is 1. The highest BCUT2D eigenvalue weighted by Gasteiger charge is 2.59. The molecule has 2 saturated carbocycles. The second kappa shape index (κ2) is 8.99. The molecule has 5 rings (SSSR count). The molecule has 4 aliphatic rings. The third kappa shape index (κ3) is 3.72. The third-order valence-corrected chi connectivity index (χ3v) is 7.82. The predicted octanol–water partition coefficient (Wildman–Crippen LogP) is -0.583. The Morgan fingerprint density at radius 1 is 1.18 bits per heavy atom. The van der Waals surface area contributed by atoms with Crippen molar-refractivity contribution in [2.45, 2.75) is 63.6 Å². The van der Waals surface area contributed by atoms with E-state index in [0.717, 1.165) is 0 Å². The summed E-state index contributed by atoms with van der Waals surface area (Å²) in [7, 11) is 0. The van der Waals surface area contributed by atoms with Gasteiger partial charge in [-0.3, -0.25) is 14.5 Å². The molecule has 2 amide bonds. The van der Waals surface area contributed by atoms with Crippen LogP contribution >= 0.6 is 0 Å². The Kier molecular flexibility index (Phi) is 6.17. The molecule has 12 heteroatoms. The number of amides is 2. The van der Waals surface area contributed by atoms with Crippen molar-refractivity contribution in [3.05, 3.63) is 11.9 Å². The van der Waals surface area contributed by atoms with Crippen molar-refractivity contribution in [3.63, 3.8) is 0 Å². The number of ether oxygens (including phenoxy) is 1. The van der Waals surface area contributed by atoms with Gasteiger partial charge >= 0.3 is 0 Å². The number of nitrogens with zero attached hydrogens (tertiary/aromatic N) is 5. The number of aliphatic hydroxyl groups excluding tert-OH is 3. The van der Waals surface area contributed by atoms with E-state index >= 15 is 0 Å². The normalized spacial score (nSPS) is 39.9. The molecule has 3 heterocycles. The van der Waals surface area contributed by atoms with Crippen molar-refractivity contribution in [2.75, 3.05) is 19.8 Å². The highest BCUT2D eigenvalue weighted by atomic mass is 16.6. The number of aromatic nitrogens is 3. The third-order valence-electron chi connectivity index (χ3n) is 7.82. The van der Waals surface area contributed by atoms with Crippen LogP contribution in [0.3, 0.4) is 0 Å². The van der Waals surface area contributed by atoms with Gasteiger partial charge in [-0.05, 0) is 26.7 Å². The molecule has 1 unspecified atom stereocenters. The smallest absolute Gasteiger partial charge is 0.233 e. The van der Waals surface area contributed by atoms with E-state index in [0.29, 0.717) is 37.4 Å². The Bertz CT molecular complexity index is 983. The molecule has 2 aliphatic carbocycles. The summed E-state index contributed by atoms with van der Waals surface area (Å²) in [5, 5.41) is 43.9. The van der Waals surface area contributed by atoms with Gasteiger partial charge in [-0.1, -0.05) is 10.4 Å². The van der Waals surface area contributed by atoms with Gasteiger partial charge in [-0.2, -0.15) is 0 Å². The number of hydrogen-bond donors (Lipinski definition) is 3. The Labute approximate surface area is 196 Å². The van der Waals surface area contributed by atoms with Crippen molar-refractivity contribution in [1.82, 2.24) is 19.9 Å². The molecule has 3 N–H and O–H groups in total. The van der Waals surface area contributed by atoms with Crippen LogP contribution in [0, 0.1) is 23.7 Å². The lowest BCUT2D eigenvalue weighted by molar-refractivity contribution is -0.141. The monoisotopic (exact) mass is 477 g/mol. The zero-order valence-electron chi connectivity index (χ0n) is 19.2. The van der Waals surface area contributed by atoms with E-state index < -0.39 is 42.2 Å². The van der Waals surface area contributed by atoms with Crippen LogP contribution in [-0.4, -0.2) is 90.8 Å². The summed E-state index contributed by atoms with van der Waals surface area (Å²) in [6, 6.07) is -0.306. The van der Waals surface area contributed by atoms with Crippen LogP contribution in [0.15, 0.2) is 11.4 Å². The summed E-state index contributed by atoms with van der Waals surface area (Å²) in [5.74, 6) is -2.42. The second-order valence-electron chi connectivity index (χ2n) is 9.70. The first kappa shape index (κ1) is 23.3. The van der Waals surface area contributed by atoms with Gasteiger partial charge in [0.25, 0.3) is 0 Å². The maximum absolute atomic E-state index is 13.0. The summed E-state index contributed by atoms with van der Waals surface area (Å²) in [6.07, 6.45) is -0.480. The largest absolute Gasteiger partial charge is 0.390 e. The Morgan fingerprint density at radius 2 is 1.94 bits per heavy atom. The van der Waals surface area contributed by atoms with Crippen LogP contribution in [0.4, 0.5) is 0 Å². The quantitative estimate of drug-likeness (QED) is 0.372. The van der Waals surface area contributed by atoms with Crippen LogP contribution in [0.5, 0.6) is 0 Å². The predicted molar refractivity (Wildman–Crippen MR) is 115 cm³/mol. The Hall–Kier alpha value is -2.41. The van der Waals surface area contributed by atoms with Gasteiger partial charge in [0.05, 0.1) is 49.2 Å². The van der Waals surface area contributed by atoms with E-state index in [2.05, 4.69) is 15.5 Å². The van der Waals surface area contributed by atoms with Crippen molar-refractivity contribution < 1.29 is 34.5 Å². The van der Waals surface area contributed by atoms with E-state index in [9.17, 15) is 24.9 Å². The first-order valence-corrected chi connectivity index (χ1v) is 11.9. The lowest BCUT2D eigenvalue weighted by Crippen LogP contribution is -2.54. The minimum Gasteiger partial charge on any atom is -0.390 e. The van der Waals surface area contributed by atoms with Gasteiger partial charge in [-0.25, -0.2) is 4.68 Å². The fourth-order valence-corrected chi connectivity index (χ4v) is 5.97. The summed E-state index contributed by atoms with van der Waals surface area (Å²) < 4.78 is 6.82. The molecule has 1 aromatic rings. The Morgan fingerprint density at radius 3 is 2.65 bits per heavy atom. The molecule has 186 valence electrons. The van der Waals surface area contributed by atoms with Crippen LogP contribution < -0.4 is 0 Å². The van der Waals surface area contributed by atoms with E-state index in [1.165, 1.54) is 4.90 Å². The average Bonchev–Trinajstić information content (AvgIpc) is 3.53. The standard InChI is InChI=1S/C22H31N5O7/c1-3-26-21(31)12-5-4-11-13(6-16(28)20(30)18(11)19(12)22(26)32)24-34-10(2)14-7-27(25-23-14)15-8-33-9-17(15)29/h7,10-12,15-20,28-30H,3-6,8-9H2,1-2H3/b24-13+/t10-,11+,12-,15-,16-,17-,18+,19-,20?/m1/s1. The minimum atomic E-state index is -1.11. The fraction of sp³-hybridized carbons (Fsp3) is 0.773. The zero-order chi connectivity index (χ0) is 24.1. The fourth-order valence-electron chi connectivity index (χ4n) is 5.97. The van der Waals surface area contributed by atoms with Gasteiger partial charge in [0.2, 0.25) is 11.8 Å². The molecule has 2 saturated heterocycles. The first-order chi connectivity index (χ1) is 16.3. The van der Waals surface area contributed by atoms with Gasteiger partial charge in [0.15, 0.2) is 6.10 Å². The molecule has 0 spiro atoms. The topological polar surface area (TPSA) is 160 Å². The summed E-state index contributed by atoms with van der Waals surface area (Å²) in [5.41, 5.74) is 1.10. The highest BCUT2D eigenvalue weighted by molar-refractivity contribution is 6.06. The number of carbonyl (C=O) groups excluding carboxylic acids is 2. The number of carbonyl (C=O) groups is 2. The molecule has 2 aliphatic heterocycles. The molecular weight excluding hydrogens is 446 g/mol. The number of oxime groups is 1. The van der Waals surface area contributed by atoms with E-state index in [1.807, 2.05) is 0 Å². The molecule has 4 fully saturated rings. The highest BCUT2D eigenvalue weighted by Crippen LogP contribution is 2.49. The van der Waals surface area contributed by atoms with E-state index in [4.69, 9.17) is 9.57 Å². The molecular formula is C22H31N5O7. The molecule has 12 nitrogen and oxygen atoms in total. The molecule has 0 bridgehead atoms. The van der Waals surface area contributed by atoms with Crippen molar-refractivity contribution in [1.29, 1.82) is 0 Å². The number of aliphatic hydroxyl groups is 3. The maximum Gasteiger partial charge on any atom is 0.233 e. The average molecular weight is 478 g/mol. The SMILES string of the molecule is CCN1C(=O)[C@H]2[C@H]3C(O)[C@H](O)C/C(=N\O[C@H](C)c4cn([C@@H]5COC[C@H]5O)nn4)[C@@H]3CC[C@H]2C1=O. The number of rotatable bonds is 5. The molecule has 34 heavy (non-hydrogen) atoms. The zero-order valence-corrected chi connectivity index (χ0v) is 19.2. The number of fused-ring (bicyclic) bond motifs is 3. The molecule has 1 aromatic heterocycles. The van der Waals surface area contributed by atoms with E-state index in [1.54, 1.807) is 24.7 Å². The molecule has 0 aromatic carbocycles. The number of imide groups is 1. The second-order valence-corrected chi connectivity index (χ2v) is 9.70. The summed E-state index contributed by atoms with van der Waals surface area (Å²) in [4.78, 5) is 32.6. The first-order valence-electron chi connectivity index (χ1n) is 11.9. The Balaban J connectivity index is 1.33. The summed E-state index contributed by atoms with van der Waals surface area (Å²) in [6.45, 7) is 4.43. The van der Waals surface area contributed by atoms with E-state index in [-0.39, 0.29) is 36.8 Å². The van der Waals surface area contributed by atoms with Gasteiger partial charge in [-0.15, -0.1) is 5.10 Å². The number of hydrogen-bond acceptors (Lipinski definition) is 10. The molecule has 9 atom stereocenters. The van der Waals surface area contributed by atoms with Crippen LogP contribution in [0.25, 0.3) is 0 Å².